The van der Waals surface area contributed by atoms with Crippen molar-refractivity contribution in [3.63, 3.8) is 0 Å². The summed E-state index contributed by atoms with van der Waals surface area (Å²) in [5, 5.41) is 11.4. The molecule has 0 radical (unpaired) electrons. The maximum absolute atomic E-state index is 12.0. The minimum atomic E-state index is -1.24. The third kappa shape index (κ3) is 4.80. The topological polar surface area (TPSA) is 119 Å². The number of aliphatic carboxylic acids is 1. The van der Waals surface area contributed by atoms with Crippen LogP contribution in [-0.4, -0.2) is 42.6 Å². The highest BCUT2D eigenvalue weighted by Gasteiger charge is 2.30. The summed E-state index contributed by atoms with van der Waals surface area (Å²) in [6.45, 7) is 0.619. The van der Waals surface area contributed by atoms with E-state index in [2.05, 4.69) is 10.1 Å². The fourth-order valence-electron chi connectivity index (χ4n) is 2.40. The van der Waals surface area contributed by atoms with Crippen LogP contribution in [0.5, 0.6) is 0 Å². The van der Waals surface area contributed by atoms with Crippen LogP contribution in [0.15, 0.2) is 0 Å². The fraction of sp³-hybridized carbons (Fsp3) is 0.769. The Kier molecular flexibility index (Phi) is 6.44. The summed E-state index contributed by atoms with van der Waals surface area (Å²) in [6.07, 6.45) is 2.80. The second kappa shape index (κ2) is 7.84. The Morgan fingerprint density at radius 1 is 1.30 bits per heavy atom. The van der Waals surface area contributed by atoms with Crippen LogP contribution in [0.25, 0.3) is 0 Å². The molecule has 1 amide bonds. The molecule has 0 spiro atoms. The molecular weight excluding hydrogens is 264 g/mol. The largest absolute Gasteiger partial charge is 0.480 e. The summed E-state index contributed by atoms with van der Waals surface area (Å²) >= 11 is 0. The van der Waals surface area contributed by atoms with Gasteiger partial charge in [0.05, 0.1) is 13.5 Å². The summed E-state index contributed by atoms with van der Waals surface area (Å²) in [5.74, 6) is -1.96. The maximum atomic E-state index is 12.0. The predicted octanol–water partition coefficient (Wildman–Crippen LogP) is -0.116. The van der Waals surface area contributed by atoms with E-state index in [0.717, 1.165) is 12.8 Å². The van der Waals surface area contributed by atoms with Crippen molar-refractivity contribution in [2.45, 2.75) is 38.1 Å². The minimum Gasteiger partial charge on any atom is -0.480 e. The third-order valence-corrected chi connectivity index (χ3v) is 3.76. The summed E-state index contributed by atoms with van der Waals surface area (Å²) in [4.78, 5) is 34.2. The van der Waals surface area contributed by atoms with Crippen LogP contribution in [0.1, 0.15) is 32.1 Å². The molecule has 0 aromatic rings. The molecule has 0 bridgehead atoms. The number of nitrogens with two attached hydrogens (primary N) is 1. The minimum absolute atomic E-state index is 0.197. The SMILES string of the molecule is COC(=O)C[C@H](NC(=O)C1CCC(CN)CC1)C(=O)O. The van der Waals surface area contributed by atoms with E-state index in [-0.39, 0.29) is 18.2 Å². The van der Waals surface area contributed by atoms with Crippen molar-refractivity contribution in [3.8, 4) is 0 Å². The maximum Gasteiger partial charge on any atom is 0.326 e. The Morgan fingerprint density at radius 2 is 1.90 bits per heavy atom. The highest BCUT2D eigenvalue weighted by molar-refractivity contribution is 5.88. The Hall–Kier alpha value is -1.63. The Labute approximate surface area is 117 Å². The molecule has 0 aliphatic heterocycles. The second-order valence-electron chi connectivity index (χ2n) is 5.13. The van der Waals surface area contributed by atoms with E-state index in [1.807, 2.05) is 0 Å². The van der Waals surface area contributed by atoms with E-state index < -0.39 is 18.0 Å². The van der Waals surface area contributed by atoms with E-state index in [0.29, 0.717) is 25.3 Å². The lowest BCUT2D eigenvalue weighted by Gasteiger charge is -2.27. The van der Waals surface area contributed by atoms with E-state index >= 15 is 0 Å². The van der Waals surface area contributed by atoms with Crippen LogP contribution < -0.4 is 11.1 Å². The third-order valence-electron chi connectivity index (χ3n) is 3.76. The first kappa shape index (κ1) is 16.4. The van der Waals surface area contributed by atoms with Gasteiger partial charge in [-0.3, -0.25) is 9.59 Å². The van der Waals surface area contributed by atoms with Gasteiger partial charge in [-0.15, -0.1) is 0 Å². The zero-order valence-corrected chi connectivity index (χ0v) is 11.6. The van der Waals surface area contributed by atoms with Gasteiger partial charge in [0.2, 0.25) is 5.91 Å². The summed E-state index contributed by atoms with van der Waals surface area (Å²) < 4.78 is 4.42. The van der Waals surface area contributed by atoms with Crippen molar-refractivity contribution in [1.29, 1.82) is 0 Å². The lowest BCUT2D eigenvalue weighted by Crippen LogP contribution is -2.45. The number of nitrogens with one attached hydrogen (secondary N) is 1. The smallest absolute Gasteiger partial charge is 0.326 e. The zero-order valence-electron chi connectivity index (χ0n) is 11.6. The molecule has 20 heavy (non-hydrogen) atoms. The number of carboxylic acids is 1. The van der Waals surface area contributed by atoms with Crippen molar-refractivity contribution < 1.29 is 24.2 Å². The van der Waals surface area contributed by atoms with E-state index in [4.69, 9.17) is 10.8 Å². The molecule has 0 aromatic carbocycles. The number of hydrogen-bond acceptors (Lipinski definition) is 5. The molecule has 4 N–H and O–H groups in total. The van der Waals surface area contributed by atoms with Gasteiger partial charge in [0, 0.05) is 5.92 Å². The van der Waals surface area contributed by atoms with E-state index in [1.54, 1.807) is 0 Å². The Morgan fingerprint density at radius 3 is 2.35 bits per heavy atom. The molecule has 114 valence electrons. The lowest BCUT2D eigenvalue weighted by atomic mass is 9.81. The van der Waals surface area contributed by atoms with Gasteiger partial charge in [0.1, 0.15) is 6.04 Å². The fourth-order valence-corrected chi connectivity index (χ4v) is 2.40. The molecule has 1 fully saturated rings. The summed E-state index contributed by atoms with van der Waals surface area (Å²) in [7, 11) is 1.18. The Balaban J connectivity index is 2.50. The highest BCUT2D eigenvalue weighted by Crippen LogP contribution is 2.28. The van der Waals surface area contributed by atoms with Crippen molar-refractivity contribution in [1.82, 2.24) is 5.32 Å². The molecule has 7 nitrogen and oxygen atoms in total. The molecule has 1 rings (SSSR count). The number of amides is 1. The molecular formula is C13H22N2O5. The van der Waals surface area contributed by atoms with Gasteiger partial charge in [-0.05, 0) is 38.1 Å². The summed E-state index contributed by atoms with van der Waals surface area (Å²) in [5.41, 5.74) is 5.59. The normalized spacial score (nSPS) is 23.7. The monoisotopic (exact) mass is 286 g/mol. The molecule has 0 heterocycles. The van der Waals surface area contributed by atoms with Crippen LogP contribution in [0, 0.1) is 11.8 Å². The second-order valence-corrected chi connectivity index (χ2v) is 5.13. The zero-order chi connectivity index (χ0) is 15.1. The van der Waals surface area contributed by atoms with Gasteiger partial charge in [-0.1, -0.05) is 0 Å². The van der Waals surface area contributed by atoms with Crippen LogP contribution in [-0.2, 0) is 19.1 Å². The number of ether oxygens (including phenoxy) is 1. The quantitative estimate of drug-likeness (QED) is 0.586. The van der Waals surface area contributed by atoms with Gasteiger partial charge in [-0.25, -0.2) is 4.79 Å². The van der Waals surface area contributed by atoms with E-state index in [9.17, 15) is 14.4 Å². The molecule has 0 aromatic heterocycles. The predicted molar refractivity (Wildman–Crippen MR) is 70.7 cm³/mol. The standard InChI is InChI=1S/C13H22N2O5/c1-20-11(16)6-10(13(18)19)15-12(17)9-4-2-8(7-14)3-5-9/h8-10H,2-7,14H2,1H3,(H,15,17)(H,18,19)/t8?,9?,10-/m0/s1. The first-order chi connectivity index (χ1) is 9.47. The number of methoxy groups -OCH3 is 1. The van der Waals surface area contributed by atoms with Gasteiger partial charge in [0.15, 0.2) is 0 Å². The average molecular weight is 286 g/mol. The number of esters is 1. The molecule has 0 unspecified atom stereocenters. The average Bonchev–Trinajstić information content (AvgIpc) is 2.46. The van der Waals surface area contributed by atoms with Crippen LogP contribution in [0.3, 0.4) is 0 Å². The van der Waals surface area contributed by atoms with Gasteiger partial charge in [0.25, 0.3) is 0 Å². The molecule has 1 aliphatic carbocycles. The lowest BCUT2D eigenvalue weighted by molar-refractivity contribution is -0.149. The number of carboxylic acid groups (broad SMARTS) is 1. The molecule has 1 aliphatic rings. The Bertz CT molecular complexity index is 364. The molecule has 1 saturated carbocycles. The molecule has 7 heteroatoms. The van der Waals surface area contributed by atoms with Crippen LogP contribution in [0.2, 0.25) is 0 Å². The van der Waals surface area contributed by atoms with Crippen LogP contribution >= 0.6 is 0 Å². The van der Waals surface area contributed by atoms with E-state index in [1.165, 1.54) is 7.11 Å². The molecule has 1 atom stereocenters. The summed E-state index contributed by atoms with van der Waals surface area (Å²) in [6, 6.07) is -1.23. The number of hydrogen-bond donors (Lipinski definition) is 3. The first-order valence-electron chi connectivity index (χ1n) is 6.78. The van der Waals surface area contributed by atoms with Gasteiger partial charge >= 0.3 is 11.9 Å². The highest BCUT2D eigenvalue weighted by atomic mass is 16.5. The molecule has 0 saturated heterocycles. The van der Waals surface area contributed by atoms with Crippen molar-refractivity contribution >= 4 is 17.8 Å². The van der Waals surface area contributed by atoms with Crippen molar-refractivity contribution in [2.24, 2.45) is 17.6 Å². The van der Waals surface area contributed by atoms with Crippen molar-refractivity contribution in [2.75, 3.05) is 13.7 Å². The number of carbonyl (C=O) groups excluding carboxylic acids is 2. The van der Waals surface area contributed by atoms with Crippen LogP contribution in [0.4, 0.5) is 0 Å². The first-order valence-corrected chi connectivity index (χ1v) is 6.78. The van der Waals surface area contributed by atoms with Gasteiger partial charge < -0.3 is 20.9 Å². The number of rotatable bonds is 6. The van der Waals surface area contributed by atoms with Crippen molar-refractivity contribution in [3.05, 3.63) is 0 Å². The number of carbonyl (C=O) groups is 3. The van der Waals surface area contributed by atoms with Gasteiger partial charge in [-0.2, -0.15) is 0 Å².